The minimum absolute atomic E-state index is 0.218. The molecule has 1 aromatic carbocycles. The number of rotatable bonds is 4. The Morgan fingerprint density at radius 2 is 1.83 bits per heavy atom. The lowest BCUT2D eigenvalue weighted by Gasteiger charge is -2.09. The van der Waals surface area contributed by atoms with E-state index in [1.807, 2.05) is 0 Å². The maximum absolute atomic E-state index is 12.4. The highest BCUT2D eigenvalue weighted by Crippen LogP contribution is 2.30. The van der Waals surface area contributed by atoms with Crippen LogP contribution in [0.1, 0.15) is 16.8 Å². The van der Waals surface area contributed by atoms with Crippen molar-refractivity contribution >= 4 is 21.7 Å². The number of aromatic nitrogens is 2. The highest BCUT2D eigenvalue weighted by atomic mass is 35.5. The predicted octanol–water partition coefficient (Wildman–Crippen LogP) is 3.20. The van der Waals surface area contributed by atoms with Gasteiger partial charge in [-0.2, -0.15) is 26.7 Å². The number of alkyl halides is 3. The van der Waals surface area contributed by atoms with Crippen LogP contribution in [0.15, 0.2) is 24.3 Å². The van der Waals surface area contributed by atoms with E-state index in [2.05, 4.69) is 9.28 Å². The van der Waals surface area contributed by atoms with Gasteiger partial charge in [0.15, 0.2) is 0 Å². The Kier molecular flexibility index (Phi) is 4.63. The molecule has 0 unspecified atom stereocenters. The topological polar surface area (TPSA) is 61.2 Å². The Hall–Kier alpha value is -1.74. The highest BCUT2D eigenvalue weighted by molar-refractivity contribution is 7.87. The molecule has 5 nitrogen and oxygen atoms in total. The van der Waals surface area contributed by atoms with E-state index in [4.69, 9.17) is 11.6 Å². The first-order chi connectivity index (χ1) is 10.5. The monoisotopic (exact) mass is 368 g/mol. The van der Waals surface area contributed by atoms with Crippen LogP contribution in [0.4, 0.5) is 13.2 Å². The van der Waals surface area contributed by atoms with E-state index in [1.54, 1.807) is 24.3 Å². The third-order valence-electron chi connectivity index (χ3n) is 3.08. The van der Waals surface area contributed by atoms with Gasteiger partial charge in [-0.05, 0) is 24.6 Å². The molecule has 0 atom stereocenters. The largest absolute Gasteiger partial charge is 0.534 e. The molecule has 0 amide bonds. The molecule has 0 radical (unpaired) electrons. The van der Waals surface area contributed by atoms with Crippen molar-refractivity contribution in [1.82, 2.24) is 9.78 Å². The second kappa shape index (κ2) is 6.04. The van der Waals surface area contributed by atoms with Crippen LogP contribution in [0, 0.1) is 6.92 Å². The summed E-state index contributed by atoms with van der Waals surface area (Å²) >= 11 is 5.78. The summed E-state index contributed by atoms with van der Waals surface area (Å²) in [6.45, 7) is 1.44. The molecule has 10 heteroatoms. The Bertz CT molecular complexity index is 814. The molecule has 2 aromatic rings. The van der Waals surface area contributed by atoms with E-state index in [1.165, 1.54) is 14.0 Å². The molecule has 0 saturated heterocycles. The minimum atomic E-state index is -5.74. The number of hydrogen-bond acceptors (Lipinski definition) is 4. The van der Waals surface area contributed by atoms with Gasteiger partial charge in [0.25, 0.3) is 0 Å². The van der Waals surface area contributed by atoms with E-state index in [9.17, 15) is 21.6 Å². The summed E-state index contributed by atoms with van der Waals surface area (Å²) in [6.07, 6.45) is 0.298. The average Bonchev–Trinajstić information content (AvgIpc) is 2.67. The number of aryl methyl sites for hydroxylation is 1. The summed E-state index contributed by atoms with van der Waals surface area (Å²) in [4.78, 5) is 0. The lowest BCUT2D eigenvalue weighted by atomic mass is 10.1. The summed E-state index contributed by atoms with van der Waals surface area (Å²) in [5.41, 5.74) is -4.06. The Labute approximate surface area is 135 Å². The molecule has 0 N–H and O–H groups in total. The molecule has 1 aromatic heterocycles. The lowest BCUT2D eigenvalue weighted by Crippen LogP contribution is -2.29. The van der Waals surface area contributed by atoms with Crippen LogP contribution in [-0.4, -0.2) is 23.7 Å². The van der Waals surface area contributed by atoms with Gasteiger partial charge in [-0.3, -0.25) is 0 Å². The summed E-state index contributed by atoms with van der Waals surface area (Å²) in [7, 11) is -4.43. The first-order valence-electron chi connectivity index (χ1n) is 6.29. The van der Waals surface area contributed by atoms with Crippen molar-refractivity contribution in [2.75, 3.05) is 0 Å². The van der Waals surface area contributed by atoms with Crippen LogP contribution in [0.3, 0.4) is 0 Å². The van der Waals surface area contributed by atoms with E-state index in [0.717, 1.165) is 10.2 Å². The Morgan fingerprint density at radius 1 is 1.26 bits per heavy atom. The predicted molar refractivity (Wildman–Crippen MR) is 77.8 cm³/mol. The van der Waals surface area contributed by atoms with Crippen molar-refractivity contribution < 1.29 is 25.8 Å². The number of hydrogen-bond donors (Lipinski definition) is 0. The maximum Gasteiger partial charge on any atom is 0.534 e. The Morgan fingerprint density at radius 3 is 2.35 bits per heavy atom. The van der Waals surface area contributed by atoms with Crippen molar-refractivity contribution in [1.29, 1.82) is 0 Å². The molecule has 0 aliphatic heterocycles. The summed E-state index contributed by atoms with van der Waals surface area (Å²) in [6, 6.07) is 6.81. The first kappa shape index (κ1) is 17.6. The molecular weight excluding hydrogens is 357 g/mol. The van der Waals surface area contributed by atoms with Gasteiger partial charge in [0.1, 0.15) is 0 Å². The van der Waals surface area contributed by atoms with E-state index in [-0.39, 0.29) is 5.56 Å². The van der Waals surface area contributed by atoms with Crippen molar-refractivity contribution in [3.05, 3.63) is 46.1 Å². The highest BCUT2D eigenvalue weighted by Gasteiger charge is 2.49. The van der Waals surface area contributed by atoms with Crippen LogP contribution < -0.4 is 4.18 Å². The molecule has 0 saturated carbocycles. The molecule has 1 heterocycles. The van der Waals surface area contributed by atoms with Gasteiger partial charge in [-0.1, -0.05) is 23.7 Å². The molecule has 0 fully saturated rings. The minimum Gasteiger partial charge on any atom is -0.355 e. The fraction of sp³-hybridized carbons (Fsp3) is 0.308. The van der Waals surface area contributed by atoms with Gasteiger partial charge in [0.2, 0.25) is 5.88 Å². The Balaban J connectivity index is 2.31. The fourth-order valence-electron chi connectivity index (χ4n) is 1.90. The molecule has 0 aliphatic carbocycles. The van der Waals surface area contributed by atoms with Gasteiger partial charge in [0, 0.05) is 24.1 Å². The third-order valence-corrected chi connectivity index (χ3v) is 4.27. The van der Waals surface area contributed by atoms with Crippen LogP contribution in [0.25, 0.3) is 0 Å². The van der Waals surface area contributed by atoms with Gasteiger partial charge < -0.3 is 4.18 Å². The quantitative estimate of drug-likeness (QED) is 0.614. The van der Waals surface area contributed by atoms with Crippen molar-refractivity contribution in [3.63, 3.8) is 0 Å². The SMILES string of the molecule is Cc1c(Cc2ccc(Cl)cc2)nn(C)c1OS(=O)(=O)C(F)(F)F. The molecular formula is C13H12ClF3N2O3S. The molecule has 126 valence electrons. The normalized spacial score (nSPS) is 12.4. The molecule has 2 rings (SSSR count). The van der Waals surface area contributed by atoms with Crippen molar-refractivity contribution in [2.45, 2.75) is 18.9 Å². The zero-order chi connectivity index (χ0) is 17.4. The number of halogens is 4. The third kappa shape index (κ3) is 3.78. The van der Waals surface area contributed by atoms with E-state index < -0.39 is 21.5 Å². The van der Waals surface area contributed by atoms with Gasteiger partial charge in [-0.25, -0.2) is 4.68 Å². The van der Waals surface area contributed by atoms with Gasteiger partial charge >= 0.3 is 15.6 Å². The number of benzene rings is 1. The van der Waals surface area contributed by atoms with Crippen LogP contribution in [-0.2, 0) is 23.6 Å². The zero-order valence-electron chi connectivity index (χ0n) is 12.1. The maximum atomic E-state index is 12.4. The molecule has 0 bridgehead atoms. The smallest absolute Gasteiger partial charge is 0.355 e. The molecule has 0 aliphatic rings. The van der Waals surface area contributed by atoms with Crippen LogP contribution in [0.5, 0.6) is 5.88 Å². The van der Waals surface area contributed by atoms with Crippen molar-refractivity contribution in [3.8, 4) is 5.88 Å². The van der Waals surface area contributed by atoms with Crippen LogP contribution in [0.2, 0.25) is 5.02 Å². The van der Waals surface area contributed by atoms with Gasteiger partial charge in [0.05, 0.1) is 5.69 Å². The standard InChI is InChI=1S/C13H12ClF3N2O3S/c1-8-11(7-9-3-5-10(14)6-4-9)18-19(2)12(8)22-23(20,21)13(15,16)17/h3-6H,7H2,1-2H3. The second-order valence-corrected chi connectivity index (χ2v) is 6.76. The van der Waals surface area contributed by atoms with E-state index in [0.29, 0.717) is 17.1 Å². The molecule has 23 heavy (non-hydrogen) atoms. The first-order valence-corrected chi connectivity index (χ1v) is 8.07. The van der Waals surface area contributed by atoms with E-state index >= 15 is 0 Å². The fourth-order valence-corrected chi connectivity index (χ4v) is 2.56. The average molecular weight is 369 g/mol. The number of nitrogens with zero attached hydrogens (tertiary/aromatic N) is 2. The van der Waals surface area contributed by atoms with Gasteiger partial charge in [-0.15, -0.1) is 0 Å². The lowest BCUT2D eigenvalue weighted by molar-refractivity contribution is -0.0502. The summed E-state index contributed by atoms with van der Waals surface area (Å²) < 4.78 is 64.7. The second-order valence-electron chi connectivity index (χ2n) is 4.79. The molecule has 0 spiro atoms. The summed E-state index contributed by atoms with van der Waals surface area (Å²) in [5.74, 6) is -0.466. The van der Waals surface area contributed by atoms with Crippen LogP contribution >= 0.6 is 11.6 Å². The zero-order valence-corrected chi connectivity index (χ0v) is 13.6. The summed E-state index contributed by atoms with van der Waals surface area (Å²) in [5, 5.41) is 4.57. The van der Waals surface area contributed by atoms with Crippen molar-refractivity contribution in [2.24, 2.45) is 7.05 Å².